The Balaban J connectivity index is 2.37. The van der Waals surface area contributed by atoms with Gasteiger partial charge in [-0.1, -0.05) is 26.7 Å². The first-order valence-corrected chi connectivity index (χ1v) is 6.60. The van der Waals surface area contributed by atoms with Gasteiger partial charge in [0, 0.05) is 38.8 Å². The van der Waals surface area contributed by atoms with Crippen LogP contribution in [-0.2, 0) is 0 Å². The van der Waals surface area contributed by atoms with Crippen LogP contribution >= 0.6 is 0 Å². The summed E-state index contributed by atoms with van der Waals surface area (Å²) in [7, 11) is 2.18. The first-order valence-electron chi connectivity index (χ1n) is 6.60. The minimum absolute atomic E-state index is 0.443. The lowest BCUT2D eigenvalue weighted by Crippen LogP contribution is -2.57. The molecule has 0 radical (unpaired) electrons. The van der Waals surface area contributed by atoms with Crippen LogP contribution in [-0.4, -0.2) is 55.7 Å². The van der Waals surface area contributed by atoms with E-state index in [1.54, 1.807) is 0 Å². The molecule has 1 unspecified atom stereocenters. The van der Waals surface area contributed by atoms with E-state index in [1.807, 2.05) is 0 Å². The molecule has 3 N–H and O–H groups in total. The number of likely N-dealkylation sites (N-methyl/N-ethyl adjacent to an activating group) is 1. The summed E-state index contributed by atoms with van der Waals surface area (Å²) < 4.78 is 0. The van der Waals surface area contributed by atoms with Crippen molar-refractivity contribution in [3.63, 3.8) is 0 Å². The third-order valence-electron chi connectivity index (χ3n) is 3.72. The van der Waals surface area contributed by atoms with Gasteiger partial charge < -0.3 is 10.6 Å². The molecule has 1 saturated heterocycles. The van der Waals surface area contributed by atoms with E-state index in [0.29, 0.717) is 12.0 Å². The fourth-order valence-corrected chi connectivity index (χ4v) is 2.38. The van der Waals surface area contributed by atoms with Crippen LogP contribution in [0.5, 0.6) is 0 Å². The minimum Gasteiger partial charge on any atom is -0.329 e. The molecule has 1 aliphatic rings. The number of hydrogen-bond acceptors (Lipinski definition) is 4. The van der Waals surface area contributed by atoms with Gasteiger partial charge in [-0.05, 0) is 13.0 Å². The molecule has 0 aromatic rings. The second-order valence-electron chi connectivity index (χ2n) is 4.84. The fraction of sp³-hybridized carbons (Fsp3) is 1.00. The standard InChI is InChI=1S/C12H28N4/c1-4-11(5-2)12(10-13)14-16-8-6-15(3)7-9-16/h11-12,14H,4-10,13H2,1-3H3. The van der Waals surface area contributed by atoms with Gasteiger partial charge in [0.1, 0.15) is 0 Å². The highest BCUT2D eigenvalue weighted by atomic mass is 15.5. The van der Waals surface area contributed by atoms with Crippen LogP contribution in [0.2, 0.25) is 0 Å². The van der Waals surface area contributed by atoms with E-state index in [4.69, 9.17) is 5.73 Å². The molecule has 0 aliphatic carbocycles. The molecule has 1 atom stereocenters. The number of nitrogens with one attached hydrogen (secondary N) is 1. The van der Waals surface area contributed by atoms with Crippen molar-refractivity contribution >= 4 is 0 Å². The number of rotatable bonds is 6. The Hall–Kier alpha value is -0.160. The summed E-state index contributed by atoms with van der Waals surface area (Å²) in [6.07, 6.45) is 2.41. The maximum atomic E-state index is 5.87. The Labute approximate surface area is 100 Å². The average molecular weight is 228 g/mol. The smallest absolute Gasteiger partial charge is 0.0365 e. The van der Waals surface area contributed by atoms with Crippen LogP contribution in [0.4, 0.5) is 0 Å². The number of hydrogen-bond donors (Lipinski definition) is 2. The molecule has 0 amide bonds. The van der Waals surface area contributed by atoms with Crippen molar-refractivity contribution in [1.29, 1.82) is 0 Å². The number of nitrogens with two attached hydrogens (primary N) is 1. The molecular weight excluding hydrogens is 200 g/mol. The van der Waals surface area contributed by atoms with Crippen molar-refractivity contribution in [3.8, 4) is 0 Å². The predicted octanol–water partition coefficient (Wildman–Crippen LogP) is 0.502. The van der Waals surface area contributed by atoms with Gasteiger partial charge in [-0.15, -0.1) is 0 Å². The number of nitrogens with zero attached hydrogens (tertiary/aromatic N) is 2. The van der Waals surface area contributed by atoms with Gasteiger partial charge in [-0.25, -0.2) is 5.01 Å². The zero-order valence-electron chi connectivity index (χ0n) is 11.1. The van der Waals surface area contributed by atoms with Gasteiger partial charge in [0.2, 0.25) is 0 Å². The second-order valence-corrected chi connectivity index (χ2v) is 4.84. The van der Waals surface area contributed by atoms with Crippen LogP contribution in [0, 0.1) is 5.92 Å². The zero-order chi connectivity index (χ0) is 12.0. The third-order valence-corrected chi connectivity index (χ3v) is 3.72. The van der Waals surface area contributed by atoms with Crippen LogP contribution in [0.15, 0.2) is 0 Å². The maximum Gasteiger partial charge on any atom is 0.0365 e. The zero-order valence-corrected chi connectivity index (χ0v) is 11.1. The highest BCUT2D eigenvalue weighted by molar-refractivity contribution is 4.76. The van der Waals surface area contributed by atoms with E-state index in [0.717, 1.165) is 32.7 Å². The number of piperazine rings is 1. The van der Waals surface area contributed by atoms with Crippen molar-refractivity contribution in [3.05, 3.63) is 0 Å². The van der Waals surface area contributed by atoms with E-state index in [-0.39, 0.29) is 0 Å². The predicted molar refractivity (Wildman–Crippen MR) is 69.1 cm³/mol. The van der Waals surface area contributed by atoms with Gasteiger partial charge in [-0.2, -0.15) is 0 Å². The molecule has 0 spiro atoms. The molecule has 1 heterocycles. The first-order chi connectivity index (χ1) is 7.71. The molecule has 0 aromatic heterocycles. The molecule has 1 aliphatic heterocycles. The fourth-order valence-electron chi connectivity index (χ4n) is 2.38. The monoisotopic (exact) mass is 228 g/mol. The lowest BCUT2D eigenvalue weighted by molar-refractivity contribution is 0.0734. The highest BCUT2D eigenvalue weighted by Gasteiger charge is 2.21. The van der Waals surface area contributed by atoms with E-state index >= 15 is 0 Å². The molecule has 4 heteroatoms. The van der Waals surface area contributed by atoms with Crippen LogP contribution in [0.25, 0.3) is 0 Å². The van der Waals surface area contributed by atoms with E-state index in [1.165, 1.54) is 12.8 Å². The minimum atomic E-state index is 0.443. The van der Waals surface area contributed by atoms with Crippen LogP contribution in [0.3, 0.4) is 0 Å². The van der Waals surface area contributed by atoms with Crippen molar-refractivity contribution in [2.45, 2.75) is 32.7 Å². The van der Waals surface area contributed by atoms with E-state index in [2.05, 4.69) is 36.2 Å². The molecule has 0 bridgehead atoms. The van der Waals surface area contributed by atoms with Gasteiger partial charge in [0.25, 0.3) is 0 Å². The molecule has 1 fully saturated rings. The molecule has 1 rings (SSSR count). The topological polar surface area (TPSA) is 44.5 Å². The van der Waals surface area contributed by atoms with Gasteiger partial charge in [0.15, 0.2) is 0 Å². The molecular formula is C12H28N4. The summed E-state index contributed by atoms with van der Waals surface area (Å²) >= 11 is 0. The van der Waals surface area contributed by atoms with E-state index < -0.39 is 0 Å². The molecule has 96 valence electrons. The molecule has 0 aromatic carbocycles. The SMILES string of the molecule is CCC(CC)C(CN)NN1CCN(C)CC1. The summed E-state index contributed by atoms with van der Waals surface area (Å²) in [5, 5.41) is 2.34. The van der Waals surface area contributed by atoms with Crippen molar-refractivity contribution in [2.75, 3.05) is 39.8 Å². The van der Waals surface area contributed by atoms with Gasteiger partial charge >= 0.3 is 0 Å². The average Bonchev–Trinajstić information content (AvgIpc) is 2.32. The summed E-state index contributed by atoms with van der Waals surface area (Å²) in [4.78, 5) is 2.37. The van der Waals surface area contributed by atoms with Crippen LogP contribution in [0.1, 0.15) is 26.7 Å². The van der Waals surface area contributed by atoms with Crippen LogP contribution < -0.4 is 11.2 Å². The van der Waals surface area contributed by atoms with Crippen molar-refractivity contribution in [2.24, 2.45) is 11.7 Å². The number of hydrazine groups is 1. The third kappa shape index (κ3) is 4.01. The van der Waals surface area contributed by atoms with Gasteiger partial charge in [0.05, 0.1) is 0 Å². The Kier molecular flexibility index (Phi) is 6.28. The Morgan fingerprint density at radius 3 is 2.12 bits per heavy atom. The summed E-state index contributed by atoms with van der Waals surface area (Å²) in [6.45, 7) is 9.74. The Bertz CT molecular complexity index is 174. The first kappa shape index (κ1) is 13.9. The lowest BCUT2D eigenvalue weighted by atomic mass is 9.95. The molecule has 4 nitrogen and oxygen atoms in total. The van der Waals surface area contributed by atoms with Crippen molar-refractivity contribution < 1.29 is 0 Å². The Morgan fingerprint density at radius 2 is 1.69 bits per heavy atom. The van der Waals surface area contributed by atoms with Crippen molar-refractivity contribution in [1.82, 2.24) is 15.3 Å². The summed E-state index contributed by atoms with van der Waals surface area (Å²) in [5.41, 5.74) is 9.48. The van der Waals surface area contributed by atoms with E-state index in [9.17, 15) is 0 Å². The summed E-state index contributed by atoms with van der Waals surface area (Å²) in [6, 6.07) is 0.443. The molecule has 16 heavy (non-hydrogen) atoms. The maximum absolute atomic E-state index is 5.87. The second kappa shape index (κ2) is 7.22. The van der Waals surface area contributed by atoms with Gasteiger partial charge in [-0.3, -0.25) is 5.43 Å². The highest BCUT2D eigenvalue weighted by Crippen LogP contribution is 2.13. The largest absolute Gasteiger partial charge is 0.329 e. The Morgan fingerprint density at radius 1 is 1.12 bits per heavy atom. The summed E-state index contributed by atoms with van der Waals surface area (Å²) in [5.74, 6) is 0.699. The molecule has 0 saturated carbocycles. The lowest BCUT2D eigenvalue weighted by Gasteiger charge is -2.37. The normalized spacial score (nSPS) is 21.6. The quantitative estimate of drug-likeness (QED) is 0.695.